The van der Waals surface area contributed by atoms with Crippen LogP contribution in [0.15, 0.2) is 108 Å². The Morgan fingerprint density at radius 3 is 1.77 bits per heavy atom. The number of hydrogen-bond donors (Lipinski definition) is 0. The van der Waals surface area contributed by atoms with Crippen molar-refractivity contribution in [3.8, 4) is 11.5 Å². The zero-order valence-electron chi connectivity index (χ0n) is 23.1. The van der Waals surface area contributed by atoms with Crippen molar-refractivity contribution in [1.29, 1.82) is 0 Å². The summed E-state index contributed by atoms with van der Waals surface area (Å²) >= 11 is 1.68. The van der Waals surface area contributed by atoms with Gasteiger partial charge in [-0.2, -0.15) is 0 Å². The molecule has 0 aliphatic rings. The second kappa shape index (κ2) is 14.8. The summed E-state index contributed by atoms with van der Waals surface area (Å²) in [7, 11) is 3.34. The number of esters is 1. The molecule has 0 bridgehead atoms. The number of amidine groups is 1. The smallest absolute Gasteiger partial charge is 0.338 e. The van der Waals surface area contributed by atoms with Crippen LogP contribution in [-0.4, -0.2) is 36.9 Å². The minimum absolute atomic E-state index is 0.336. The van der Waals surface area contributed by atoms with Gasteiger partial charge in [0, 0.05) is 18.8 Å². The lowest BCUT2D eigenvalue weighted by Gasteiger charge is -2.26. The molecule has 4 rings (SSSR count). The molecule has 0 atom stereocenters. The predicted octanol–water partition coefficient (Wildman–Crippen LogP) is 7.50. The summed E-state index contributed by atoms with van der Waals surface area (Å²) in [6, 6.07) is 33.8. The van der Waals surface area contributed by atoms with Gasteiger partial charge in [-0.05, 0) is 72.1 Å². The van der Waals surface area contributed by atoms with Crippen molar-refractivity contribution in [3.63, 3.8) is 0 Å². The molecule has 4 aromatic carbocycles. The molecule has 0 aromatic heterocycles. The molecule has 0 aliphatic carbocycles. The highest BCUT2D eigenvalue weighted by molar-refractivity contribution is 8.13. The van der Waals surface area contributed by atoms with E-state index in [4.69, 9.17) is 19.2 Å². The average Bonchev–Trinajstić information content (AvgIpc) is 3.00. The van der Waals surface area contributed by atoms with Crippen LogP contribution in [-0.2, 0) is 23.6 Å². The Morgan fingerprint density at radius 2 is 1.27 bits per heavy atom. The second-order valence-electron chi connectivity index (χ2n) is 8.99. The van der Waals surface area contributed by atoms with Gasteiger partial charge in [0.05, 0.1) is 32.1 Å². The van der Waals surface area contributed by atoms with Crippen LogP contribution in [0.25, 0.3) is 0 Å². The highest BCUT2D eigenvalue weighted by Gasteiger charge is 2.16. The Balaban J connectivity index is 1.68. The quantitative estimate of drug-likeness (QED) is 0.109. The molecule has 4 aromatic rings. The van der Waals surface area contributed by atoms with Crippen LogP contribution in [0.3, 0.4) is 0 Å². The Kier molecular flexibility index (Phi) is 10.6. The van der Waals surface area contributed by atoms with E-state index in [1.54, 1.807) is 45.0 Å². The molecule has 0 saturated carbocycles. The third-order valence-electron chi connectivity index (χ3n) is 6.15. The van der Waals surface area contributed by atoms with Gasteiger partial charge in [-0.15, -0.1) is 0 Å². The summed E-state index contributed by atoms with van der Waals surface area (Å²) in [4.78, 5) is 19.5. The SMILES string of the molecule is CCOC(=O)c1ccc(N=C(SCc2ccccc2)N(Cc2ccc(OC)cc2)Cc2ccc(OC)cc2)cc1. The molecule has 40 heavy (non-hydrogen) atoms. The number of rotatable bonds is 11. The van der Waals surface area contributed by atoms with Crippen LogP contribution in [0.4, 0.5) is 5.69 Å². The van der Waals surface area contributed by atoms with Crippen molar-refractivity contribution < 1.29 is 19.0 Å². The molecule has 0 aliphatic heterocycles. The normalized spacial score (nSPS) is 11.1. The van der Waals surface area contributed by atoms with Crippen LogP contribution in [0.5, 0.6) is 11.5 Å². The fourth-order valence-electron chi connectivity index (χ4n) is 4.01. The van der Waals surface area contributed by atoms with Crippen LogP contribution in [0.1, 0.15) is 34.0 Å². The predicted molar refractivity (Wildman–Crippen MR) is 162 cm³/mol. The maximum atomic E-state index is 12.2. The number of benzene rings is 4. The summed E-state index contributed by atoms with van der Waals surface area (Å²) in [5, 5.41) is 0.874. The number of methoxy groups -OCH3 is 2. The number of carbonyl (C=O) groups is 1. The van der Waals surface area contributed by atoms with Crippen LogP contribution >= 0.6 is 11.8 Å². The molecular formula is C33H34N2O4S. The zero-order chi connectivity index (χ0) is 28.2. The lowest BCUT2D eigenvalue weighted by atomic mass is 10.1. The van der Waals surface area contributed by atoms with E-state index in [9.17, 15) is 4.79 Å². The van der Waals surface area contributed by atoms with Crippen molar-refractivity contribution in [3.05, 3.63) is 125 Å². The van der Waals surface area contributed by atoms with Gasteiger partial charge in [0.2, 0.25) is 0 Å². The molecule has 6 nitrogen and oxygen atoms in total. The van der Waals surface area contributed by atoms with Crippen molar-refractivity contribution in [1.82, 2.24) is 4.90 Å². The monoisotopic (exact) mass is 554 g/mol. The Morgan fingerprint density at radius 1 is 0.725 bits per heavy atom. The van der Waals surface area contributed by atoms with E-state index in [0.29, 0.717) is 25.3 Å². The largest absolute Gasteiger partial charge is 0.497 e. The van der Waals surface area contributed by atoms with Crippen molar-refractivity contribution in [2.24, 2.45) is 4.99 Å². The fourth-order valence-corrected chi connectivity index (χ4v) is 4.98. The van der Waals surface area contributed by atoms with Crippen LogP contribution in [0.2, 0.25) is 0 Å². The van der Waals surface area contributed by atoms with Gasteiger partial charge in [0.25, 0.3) is 0 Å². The third kappa shape index (κ3) is 8.38. The van der Waals surface area contributed by atoms with Gasteiger partial charge in [0.15, 0.2) is 5.17 Å². The first-order valence-electron chi connectivity index (χ1n) is 13.1. The molecular weight excluding hydrogens is 520 g/mol. The molecule has 0 unspecified atom stereocenters. The average molecular weight is 555 g/mol. The van der Waals surface area contributed by atoms with Crippen molar-refractivity contribution in [2.45, 2.75) is 25.8 Å². The Hall–Kier alpha value is -4.23. The minimum atomic E-state index is -0.336. The third-order valence-corrected chi connectivity index (χ3v) is 7.23. The maximum absolute atomic E-state index is 12.2. The Bertz CT molecular complexity index is 1320. The Labute approximate surface area is 240 Å². The first-order valence-corrected chi connectivity index (χ1v) is 14.1. The summed E-state index contributed by atoms with van der Waals surface area (Å²) in [5.41, 5.74) is 4.76. The summed E-state index contributed by atoms with van der Waals surface area (Å²) in [5.74, 6) is 2.07. The van der Waals surface area contributed by atoms with E-state index in [1.165, 1.54) is 5.56 Å². The van der Waals surface area contributed by atoms with Crippen molar-refractivity contribution in [2.75, 3.05) is 20.8 Å². The molecule has 0 saturated heterocycles. The molecule has 0 heterocycles. The summed E-state index contributed by atoms with van der Waals surface area (Å²) < 4.78 is 15.9. The van der Waals surface area contributed by atoms with Crippen molar-refractivity contribution >= 4 is 28.6 Å². The molecule has 0 amide bonds. The second-order valence-corrected chi connectivity index (χ2v) is 9.93. The minimum Gasteiger partial charge on any atom is -0.497 e. The summed E-state index contributed by atoms with van der Waals surface area (Å²) in [6.07, 6.45) is 0. The van der Waals surface area contributed by atoms with E-state index in [1.807, 2.05) is 54.6 Å². The maximum Gasteiger partial charge on any atom is 0.338 e. The topological polar surface area (TPSA) is 60.4 Å². The van der Waals surface area contributed by atoms with Gasteiger partial charge in [-0.25, -0.2) is 9.79 Å². The number of thioether (sulfide) groups is 1. The van der Waals surface area contributed by atoms with Gasteiger partial charge in [-0.1, -0.05) is 66.4 Å². The van der Waals surface area contributed by atoms with E-state index in [2.05, 4.69) is 41.3 Å². The van der Waals surface area contributed by atoms with E-state index >= 15 is 0 Å². The highest BCUT2D eigenvalue weighted by Crippen LogP contribution is 2.26. The van der Waals surface area contributed by atoms with Gasteiger partial charge >= 0.3 is 5.97 Å². The van der Waals surface area contributed by atoms with E-state index in [0.717, 1.165) is 39.2 Å². The molecule has 0 radical (unpaired) electrons. The first kappa shape index (κ1) is 28.8. The number of ether oxygens (including phenoxy) is 3. The highest BCUT2D eigenvalue weighted by atomic mass is 32.2. The number of aliphatic imine (C=N–C) groups is 1. The fraction of sp³-hybridized carbons (Fsp3) is 0.212. The lowest BCUT2D eigenvalue weighted by molar-refractivity contribution is 0.0526. The molecule has 0 fully saturated rings. The zero-order valence-corrected chi connectivity index (χ0v) is 23.9. The van der Waals surface area contributed by atoms with Gasteiger partial charge in [-0.3, -0.25) is 0 Å². The van der Waals surface area contributed by atoms with E-state index in [-0.39, 0.29) is 5.97 Å². The van der Waals surface area contributed by atoms with Crippen LogP contribution in [0, 0.1) is 0 Å². The molecule has 0 N–H and O–H groups in total. The first-order chi connectivity index (χ1) is 19.6. The molecule has 7 heteroatoms. The van der Waals surface area contributed by atoms with Gasteiger partial charge < -0.3 is 19.1 Å². The van der Waals surface area contributed by atoms with Gasteiger partial charge in [0.1, 0.15) is 11.5 Å². The molecule has 0 spiro atoms. The standard InChI is InChI=1S/C33H34N2O4S/c1-4-39-32(36)28-14-16-29(17-15-28)34-33(40-24-27-8-6-5-7-9-27)35(22-25-10-18-30(37-2)19-11-25)23-26-12-20-31(38-3)21-13-26/h5-21H,4,22-24H2,1-3H3. The van der Waals surface area contributed by atoms with Crippen LogP contribution < -0.4 is 9.47 Å². The summed E-state index contributed by atoms with van der Waals surface area (Å²) in [6.45, 7) is 3.44. The molecule has 206 valence electrons. The van der Waals surface area contributed by atoms with E-state index < -0.39 is 0 Å². The number of hydrogen-bond acceptors (Lipinski definition) is 6. The number of nitrogens with zero attached hydrogens (tertiary/aromatic N) is 2. The lowest BCUT2D eigenvalue weighted by Crippen LogP contribution is -2.28. The number of carbonyl (C=O) groups excluding carboxylic acids is 1.